The number of thiophene rings is 1. The topological polar surface area (TPSA) is 196 Å². The number of hydrogen-bond acceptors (Lipinski definition) is 12. The molecule has 2 aliphatic rings. The van der Waals surface area contributed by atoms with Crippen LogP contribution in [0.1, 0.15) is 10.7 Å². The summed E-state index contributed by atoms with van der Waals surface area (Å²) in [7, 11) is 0. The minimum atomic E-state index is -1.23. The highest BCUT2D eigenvalue weighted by molar-refractivity contribution is 8.01. The molecule has 0 bridgehead atoms. The van der Waals surface area contributed by atoms with Crippen molar-refractivity contribution >= 4 is 52.6 Å². The Hall–Kier alpha value is -3.31. The van der Waals surface area contributed by atoms with Crippen LogP contribution in [0.15, 0.2) is 33.9 Å². The van der Waals surface area contributed by atoms with Crippen LogP contribution in [0.4, 0.5) is 0 Å². The van der Waals surface area contributed by atoms with Crippen molar-refractivity contribution in [3.63, 3.8) is 0 Å². The highest BCUT2D eigenvalue weighted by Crippen LogP contribution is 2.44. The Morgan fingerprint density at radius 2 is 2.12 bits per heavy atom. The molecule has 2 unspecified atom stereocenters. The van der Waals surface area contributed by atoms with Crippen molar-refractivity contribution in [2.24, 2.45) is 0 Å². The number of carboxylic acids is 1. The van der Waals surface area contributed by atoms with E-state index in [-0.39, 0.29) is 24.4 Å². The molecule has 1 saturated heterocycles. The van der Waals surface area contributed by atoms with Gasteiger partial charge in [-0.3, -0.25) is 14.5 Å². The number of H-pyrrole nitrogens is 2. The van der Waals surface area contributed by atoms with Crippen molar-refractivity contribution in [1.82, 2.24) is 51.5 Å². The van der Waals surface area contributed by atoms with E-state index in [9.17, 15) is 19.5 Å². The summed E-state index contributed by atoms with van der Waals surface area (Å²) < 4.78 is 0. The summed E-state index contributed by atoms with van der Waals surface area (Å²) in [6, 6.07) is 2.91. The van der Waals surface area contributed by atoms with Gasteiger partial charge in [0.15, 0.2) is 5.82 Å². The van der Waals surface area contributed by atoms with Crippen LogP contribution >= 0.6 is 34.9 Å². The Morgan fingerprint density at radius 1 is 1.29 bits per heavy atom. The number of carbonyl (C=O) groups is 3. The smallest absolute Gasteiger partial charge is 0.352 e. The summed E-state index contributed by atoms with van der Waals surface area (Å²) in [6.45, 7) is 0. The molecule has 176 valence electrons. The number of aromatic nitrogens is 8. The highest BCUT2D eigenvalue weighted by atomic mass is 32.2. The summed E-state index contributed by atoms with van der Waals surface area (Å²) in [6.07, 6.45) is 0.399. The quantitative estimate of drug-likeness (QED) is 0.208. The van der Waals surface area contributed by atoms with E-state index in [1.54, 1.807) is 0 Å². The van der Waals surface area contributed by atoms with Crippen LogP contribution in [0.2, 0.25) is 0 Å². The van der Waals surface area contributed by atoms with E-state index in [0.29, 0.717) is 22.3 Å². The summed E-state index contributed by atoms with van der Waals surface area (Å²) >= 11 is 4.03. The molecule has 3 aromatic rings. The van der Waals surface area contributed by atoms with Crippen LogP contribution in [-0.4, -0.2) is 91.5 Å². The number of carboxylic acid groups (broad SMARTS) is 1. The van der Waals surface area contributed by atoms with Crippen LogP contribution in [0, 0.1) is 0 Å². The van der Waals surface area contributed by atoms with Gasteiger partial charge in [-0.05, 0) is 22.2 Å². The molecule has 17 heteroatoms. The number of tetrazole rings is 2. The Balaban J connectivity index is 1.38. The van der Waals surface area contributed by atoms with Crippen LogP contribution in [0.25, 0.3) is 0 Å². The minimum Gasteiger partial charge on any atom is -0.477 e. The molecule has 1 fully saturated rings. The molecule has 0 radical (unpaired) electrons. The molecular weight excluding hydrogens is 504 g/mol. The number of β-lactam (4-membered cyclic amide) rings is 1. The molecule has 2 aliphatic heterocycles. The van der Waals surface area contributed by atoms with Crippen molar-refractivity contribution in [2.75, 3.05) is 5.75 Å². The zero-order chi connectivity index (χ0) is 23.7. The first kappa shape index (κ1) is 22.5. The van der Waals surface area contributed by atoms with Crippen molar-refractivity contribution in [2.45, 2.75) is 34.7 Å². The molecule has 3 atom stereocenters. The maximum atomic E-state index is 13.0. The number of carbonyl (C=O) groups excluding carboxylic acids is 2. The molecular formula is C17H16N10O4S3. The van der Waals surface area contributed by atoms with Gasteiger partial charge < -0.3 is 10.4 Å². The number of nitrogens with zero attached hydrogens (tertiary/aromatic N) is 7. The minimum absolute atomic E-state index is 0.109. The van der Waals surface area contributed by atoms with E-state index in [1.807, 2.05) is 17.5 Å². The van der Waals surface area contributed by atoms with Crippen LogP contribution in [0.3, 0.4) is 0 Å². The van der Waals surface area contributed by atoms with E-state index >= 15 is 0 Å². The molecule has 34 heavy (non-hydrogen) atoms. The number of hydrogen-bond donors (Lipinski definition) is 4. The first-order valence-corrected chi connectivity index (χ1v) is 12.7. The van der Waals surface area contributed by atoms with Crippen LogP contribution < -0.4 is 5.32 Å². The van der Waals surface area contributed by atoms with Gasteiger partial charge in [0.1, 0.15) is 17.1 Å². The predicted octanol–water partition coefficient (Wildman–Crippen LogP) is -0.541. The van der Waals surface area contributed by atoms with Crippen molar-refractivity contribution < 1.29 is 19.5 Å². The Kier molecular flexibility index (Phi) is 6.29. The van der Waals surface area contributed by atoms with Crippen molar-refractivity contribution in [3.8, 4) is 0 Å². The maximum Gasteiger partial charge on any atom is 0.352 e. The third-order valence-corrected chi connectivity index (χ3v) is 8.45. The van der Waals surface area contributed by atoms with E-state index < -0.39 is 28.5 Å². The van der Waals surface area contributed by atoms with Gasteiger partial charge in [-0.15, -0.1) is 43.5 Å². The second kappa shape index (κ2) is 9.51. The van der Waals surface area contributed by atoms with Crippen LogP contribution in [0.5, 0.6) is 0 Å². The fourth-order valence-corrected chi connectivity index (χ4v) is 6.92. The standard InChI is InChI=1S/C17H16N10O4S3/c28-11(4-7-2-1-3-32-7)18-12-14(29)27-13(16(30)31)8(6-33-15(12)27)9(5-10-19-23-24-20-10)34-17-21-25-26-22-17/h1-3,9,12,15H,4-6H2,(H,18,28)(H,30,31)(H,19,20,23,24)(H,21,22,25,26)/t9?,12?,15-/m1/s1. The average molecular weight is 521 g/mol. The zero-order valence-corrected chi connectivity index (χ0v) is 19.6. The summed E-state index contributed by atoms with van der Waals surface area (Å²) in [5.74, 6) is -1.28. The lowest BCUT2D eigenvalue weighted by molar-refractivity contribution is -0.150. The second-order valence-corrected chi connectivity index (χ2v) is 10.5. The number of nitrogens with one attached hydrogen (secondary N) is 3. The lowest BCUT2D eigenvalue weighted by atomic mass is 10.00. The fourth-order valence-electron chi connectivity index (χ4n) is 3.69. The lowest BCUT2D eigenvalue weighted by Crippen LogP contribution is -2.70. The second-order valence-electron chi connectivity index (χ2n) is 7.22. The number of thioether (sulfide) groups is 2. The molecule has 0 saturated carbocycles. The Morgan fingerprint density at radius 3 is 2.79 bits per heavy atom. The van der Waals surface area contributed by atoms with E-state index in [4.69, 9.17) is 0 Å². The van der Waals surface area contributed by atoms with Crippen molar-refractivity contribution in [3.05, 3.63) is 39.5 Å². The van der Waals surface area contributed by atoms with E-state index in [1.165, 1.54) is 39.8 Å². The molecule has 0 spiro atoms. The number of aliphatic carboxylic acids is 1. The first-order valence-electron chi connectivity index (χ1n) is 9.86. The molecule has 14 nitrogen and oxygen atoms in total. The zero-order valence-electron chi connectivity index (χ0n) is 17.1. The lowest BCUT2D eigenvalue weighted by Gasteiger charge is -2.50. The Bertz CT molecular complexity index is 1180. The van der Waals surface area contributed by atoms with E-state index in [0.717, 1.165) is 4.88 Å². The number of fused-ring (bicyclic) bond motifs is 1. The summed E-state index contributed by atoms with van der Waals surface area (Å²) in [5.41, 5.74) is 0.395. The molecule has 4 N–H and O–H groups in total. The molecule has 2 amide bonds. The first-order chi connectivity index (χ1) is 16.5. The van der Waals surface area contributed by atoms with Gasteiger partial charge in [0.05, 0.1) is 6.42 Å². The van der Waals surface area contributed by atoms with Gasteiger partial charge in [-0.2, -0.15) is 10.4 Å². The van der Waals surface area contributed by atoms with Crippen molar-refractivity contribution in [1.29, 1.82) is 0 Å². The van der Waals surface area contributed by atoms with Gasteiger partial charge in [0, 0.05) is 22.3 Å². The Labute approximate surface area is 203 Å². The number of rotatable bonds is 9. The monoisotopic (exact) mass is 520 g/mol. The third-order valence-electron chi connectivity index (χ3n) is 5.15. The molecule has 3 aromatic heterocycles. The van der Waals surface area contributed by atoms with Gasteiger partial charge in [-0.25, -0.2) is 4.79 Å². The third kappa shape index (κ3) is 4.40. The maximum absolute atomic E-state index is 13.0. The van der Waals surface area contributed by atoms with Gasteiger partial charge in [0.25, 0.3) is 5.91 Å². The average Bonchev–Trinajstić information content (AvgIpc) is 3.60. The van der Waals surface area contributed by atoms with E-state index in [2.05, 4.69) is 46.6 Å². The largest absolute Gasteiger partial charge is 0.477 e. The molecule has 0 aliphatic carbocycles. The van der Waals surface area contributed by atoms with Gasteiger partial charge >= 0.3 is 5.97 Å². The normalized spacial score (nSPS) is 20.6. The van der Waals surface area contributed by atoms with Gasteiger partial charge in [-0.1, -0.05) is 23.0 Å². The summed E-state index contributed by atoms with van der Waals surface area (Å²) in [5, 5.41) is 41.6. The summed E-state index contributed by atoms with van der Waals surface area (Å²) in [4.78, 5) is 39.8. The molecule has 5 rings (SSSR count). The molecule has 5 heterocycles. The number of aromatic amines is 2. The van der Waals surface area contributed by atoms with Gasteiger partial charge in [0.2, 0.25) is 11.1 Å². The molecule has 0 aromatic carbocycles. The highest BCUT2D eigenvalue weighted by Gasteiger charge is 2.54. The number of amides is 2. The SMILES string of the molecule is O=C(Cc1cccs1)NC1C(=O)N2C(C(=O)O)=C(C(Cc3nn[nH]n3)Sc3nn[nH]n3)CS[C@H]12. The van der Waals surface area contributed by atoms with Crippen LogP contribution in [-0.2, 0) is 27.2 Å². The fraction of sp³-hybridized carbons (Fsp3) is 0.353. The predicted molar refractivity (Wildman–Crippen MR) is 119 cm³/mol.